The number of nitrogens with one attached hydrogen (secondary N) is 2. The molecule has 0 radical (unpaired) electrons. The van der Waals surface area contributed by atoms with E-state index in [1.807, 2.05) is 30.3 Å². The van der Waals surface area contributed by atoms with Crippen LogP contribution < -0.4 is 10.6 Å². The minimum atomic E-state index is -0.0363. The first-order valence-electron chi connectivity index (χ1n) is 12.0. The number of guanidine groups is 1. The van der Waals surface area contributed by atoms with Gasteiger partial charge >= 0.3 is 0 Å². The Kier molecular flexibility index (Phi) is 10.6. The first-order valence-corrected chi connectivity index (χ1v) is 12.0. The maximum atomic E-state index is 12.2. The standard InChI is InChI=1S/C26H35N5O2.HI/c1-2-27-26(29-15-9-14-28-25(32)22-12-7-4-8-13-22)31-19-23-24(20-31)33-17-16-30(23)18-21-10-5-3-6-11-21;/h3-8,10-13,23-24H,2,9,14-20H2,1H3,(H,27,29)(H,28,32);1H. The molecule has 2 atom stereocenters. The third kappa shape index (κ3) is 7.16. The molecule has 0 aliphatic carbocycles. The third-order valence-electron chi connectivity index (χ3n) is 6.20. The molecule has 7 nitrogen and oxygen atoms in total. The fourth-order valence-corrected chi connectivity index (χ4v) is 4.53. The van der Waals surface area contributed by atoms with Crippen molar-refractivity contribution in [3.63, 3.8) is 0 Å². The van der Waals surface area contributed by atoms with Crippen molar-refractivity contribution in [2.24, 2.45) is 4.99 Å². The smallest absolute Gasteiger partial charge is 0.251 e. The topological polar surface area (TPSA) is 69.2 Å². The van der Waals surface area contributed by atoms with E-state index in [0.29, 0.717) is 24.7 Å². The lowest BCUT2D eigenvalue weighted by Crippen LogP contribution is -2.50. The number of rotatable bonds is 8. The molecule has 2 N–H and O–H groups in total. The van der Waals surface area contributed by atoms with Gasteiger partial charge in [0.2, 0.25) is 0 Å². The van der Waals surface area contributed by atoms with Crippen molar-refractivity contribution in [1.82, 2.24) is 20.4 Å². The second kappa shape index (κ2) is 13.7. The van der Waals surface area contributed by atoms with Gasteiger partial charge in [-0.15, -0.1) is 24.0 Å². The van der Waals surface area contributed by atoms with E-state index < -0.39 is 0 Å². The van der Waals surface area contributed by atoms with Crippen molar-refractivity contribution in [3.8, 4) is 0 Å². The molecule has 0 aromatic heterocycles. The summed E-state index contributed by atoms with van der Waals surface area (Å²) < 4.78 is 6.13. The second-order valence-corrected chi connectivity index (χ2v) is 8.55. The molecule has 0 bridgehead atoms. The van der Waals surface area contributed by atoms with Crippen molar-refractivity contribution in [3.05, 3.63) is 71.8 Å². The zero-order chi connectivity index (χ0) is 22.9. The van der Waals surface area contributed by atoms with E-state index in [9.17, 15) is 4.79 Å². The number of carbonyl (C=O) groups excluding carboxylic acids is 1. The van der Waals surface area contributed by atoms with Crippen LogP contribution in [-0.2, 0) is 11.3 Å². The van der Waals surface area contributed by atoms with Gasteiger partial charge in [0.05, 0.1) is 18.8 Å². The van der Waals surface area contributed by atoms with E-state index in [-0.39, 0.29) is 36.0 Å². The molecule has 2 unspecified atom stereocenters. The fraction of sp³-hybridized carbons (Fsp3) is 0.462. The predicted octanol–water partition coefficient (Wildman–Crippen LogP) is 2.98. The van der Waals surface area contributed by atoms with E-state index in [1.54, 1.807) is 0 Å². The Morgan fingerprint density at radius 3 is 2.53 bits per heavy atom. The summed E-state index contributed by atoms with van der Waals surface area (Å²) in [5, 5.41) is 6.41. The molecule has 0 spiro atoms. The average molecular weight is 578 g/mol. The Hall–Kier alpha value is -2.17. The van der Waals surface area contributed by atoms with Gasteiger partial charge in [-0.3, -0.25) is 14.7 Å². The Labute approximate surface area is 220 Å². The molecule has 2 aliphatic rings. The SMILES string of the molecule is CCNC(=NCCCNC(=O)c1ccccc1)N1CC2OCCN(Cc3ccccc3)C2C1.I. The number of nitrogens with zero attached hydrogens (tertiary/aromatic N) is 3. The van der Waals surface area contributed by atoms with Gasteiger partial charge in [-0.05, 0) is 31.0 Å². The minimum absolute atomic E-state index is 0. The second-order valence-electron chi connectivity index (χ2n) is 8.55. The highest BCUT2D eigenvalue weighted by atomic mass is 127. The van der Waals surface area contributed by atoms with Gasteiger partial charge in [-0.1, -0.05) is 48.5 Å². The summed E-state index contributed by atoms with van der Waals surface area (Å²) in [5.41, 5.74) is 2.03. The molecule has 2 aromatic carbocycles. The fourth-order valence-electron chi connectivity index (χ4n) is 4.53. The number of carbonyl (C=O) groups is 1. The Balaban J connectivity index is 0.00000324. The van der Waals surface area contributed by atoms with Gasteiger partial charge in [-0.2, -0.15) is 0 Å². The van der Waals surface area contributed by atoms with Crippen molar-refractivity contribution in [2.45, 2.75) is 32.0 Å². The summed E-state index contributed by atoms with van der Waals surface area (Å²) in [6.45, 7) is 8.64. The number of ether oxygens (including phenoxy) is 1. The van der Waals surface area contributed by atoms with E-state index in [4.69, 9.17) is 9.73 Å². The summed E-state index contributed by atoms with van der Waals surface area (Å²) in [6, 6.07) is 20.3. The van der Waals surface area contributed by atoms with Crippen LogP contribution in [0.15, 0.2) is 65.7 Å². The summed E-state index contributed by atoms with van der Waals surface area (Å²) in [4.78, 5) is 21.9. The maximum absolute atomic E-state index is 12.2. The van der Waals surface area contributed by atoms with Crippen molar-refractivity contribution in [2.75, 3.05) is 45.9 Å². The molecule has 8 heteroatoms. The lowest BCUT2D eigenvalue weighted by atomic mass is 10.1. The van der Waals surface area contributed by atoms with Crippen LogP contribution in [-0.4, -0.2) is 79.7 Å². The largest absolute Gasteiger partial charge is 0.373 e. The number of hydrogen-bond acceptors (Lipinski definition) is 4. The van der Waals surface area contributed by atoms with Gasteiger partial charge in [0, 0.05) is 51.4 Å². The van der Waals surface area contributed by atoms with Crippen molar-refractivity contribution in [1.29, 1.82) is 0 Å². The third-order valence-corrected chi connectivity index (χ3v) is 6.20. The van der Waals surface area contributed by atoms with Gasteiger partial charge in [0.1, 0.15) is 0 Å². The molecule has 2 aromatic rings. The molecule has 184 valence electrons. The molecule has 1 amide bonds. The summed E-state index contributed by atoms with van der Waals surface area (Å²) in [6.07, 6.45) is 1.00. The van der Waals surface area contributed by atoms with Crippen LogP contribution in [0, 0.1) is 0 Å². The first-order chi connectivity index (χ1) is 16.2. The van der Waals surface area contributed by atoms with Gasteiger partial charge in [-0.25, -0.2) is 0 Å². The molecular weight excluding hydrogens is 541 g/mol. The number of hydrogen-bond donors (Lipinski definition) is 2. The van der Waals surface area contributed by atoms with Gasteiger partial charge in [0.15, 0.2) is 5.96 Å². The van der Waals surface area contributed by atoms with Crippen LogP contribution >= 0.6 is 24.0 Å². The maximum Gasteiger partial charge on any atom is 0.251 e. The molecule has 0 saturated carbocycles. The van der Waals surface area contributed by atoms with E-state index in [2.05, 4.69) is 57.7 Å². The lowest BCUT2D eigenvalue weighted by Gasteiger charge is -2.36. The van der Waals surface area contributed by atoms with Crippen LogP contribution in [0.5, 0.6) is 0 Å². The molecule has 34 heavy (non-hydrogen) atoms. The number of morpholine rings is 1. The number of halogens is 1. The van der Waals surface area contributed by atoms with E-state index in [0.717, 1.165) is 51.7 Å². The monoisotopic (exact) mass is 577 g/mol. The predicted molar refractivity (Wildman–Crippen MR) is 147 cm³/mol. The zero-order valence-electron chi connectivity index (χ0n) is 19.9. The number of fused-ring (bicyclic) bond motifs is 1. The first kappa shape index (κ1) is 26.4. The Morgan fingerprint density at radius 2 is 1.79 bits per heavy atom. The zero-order valence-corrected chi connectivity index (χ0v) is 22.2. The van der Waals surface area contributed by atoms with E-state index >= 15 is 0 Å². The van der Waals surface area contributed by atoms with Crippen LogP contribution in [0.1, 0.15) is 29.3 Å². The number of amides is 1. The van der Waals surface area contributed by atoms with Gasteiger partial charge < -0.3 is 20.3 Å². The Morgan fingerprint density at radius 1 is 1.06 bits per heavy atom. The van der Waals surface area contributed by atoms with E-state index in [1.165, 1.54) is 5.56 Å². The highest BCUT2D eigenvalue weighted by molar-refractivity contribution is 14.0. The van der Waals surface area contributed by atoms with Crippen LogP contribution in [0.25, 0.3) is 0 Å². The summed E-state index contributed by atoms with van der Waals surface area (Å²) in [5.74, 6) is 0.898. The minimum Gasteiger partial charge on any atom is -0.373 e. The lowest BCUT2D eigenvalue weighted by molar-refractivity contribution is -0.0502. The molecule has 2 saturated heterocycles. The molecule has 4 rings (SSSR count). The Bertz CT molecular complexity index is 912. The summed E-state index contributed by atoms with van der Waals surface area (Å²) in [7, 11) is 0. The van der Waals surface area contributed by atoms with Crippen LogP contribution in [0.2, 0.25) is 0 Å². The molecule has 2 aliphatic heterocycles. The molecule has 2 heterocycles. The average Bonchev–Trinajstić information content (AvgIpc) is 3.29. The summed E-state index contributed by atoms with van der Waals surface area (Å²) >= 11 is 0. The van der Waals surface area contributed by atoms with Crippen LogP contribution in [0.4, 0.5) is 0 Å². The molecular formula is C26H36IN5O2. The van der Waals surface area contributed by atoms with Gasteiger partial charge in [0.25, 0.3) is 5.91 Å². The van der Waals surface area contributed by atoms with Crippen LogP contribution in [0.3, 0.4) is 0 Å². The van der Waals surface area contributed by atoms with Crippen molar-refractivity contribution >= 4 is 35.8 Å². The number of likely N-dealkylation sites (tertiary alicyclic amines) is 1. The quantitative estimate of drug-likeness (QED) is 0.219. The number of aliphatic imine (C=N–C) groups is 1. The highest BCUT2D eigenvalue weighted by Crippen LogP contribution is 2.24. The normalized spacial score (nSPS) is 20.4. The number of benzene rings is 2. The highest BCUT2D eigenvalue weighted by Gasteiger charge is 2.41. The molecule has 2 fully saturated rings. The van der Waals surface area contributed by atoms with Crippen molar-refractivity contribution < 1.29 is 9.53 Å².